The van der Waals surface area contributed by atoms with E-state index in [1.54, 1.807) is 19.6 Å². The van der Waals surface area contributed by atoms with E-state index < -0.39 is 0 Å². The molecule has 1 saturated heterocycles. The fraction of sp³-hybridized carbons (Fsp3) is 0.389. The van der Waals surface area contributed by atoms with E-state index in [-0.39, 0.29) is 5.91 Å². The number of piperidine rings is 1. The summed E-state index contributed by atoms with van der Waals surface area (Å²) in [5.41, 5.74) is 2.04. The van der Waals surface area contributed by atoms with Crippen LogP contribution in [0.1, 0.15) is 30.0 Å². The van der Waals surface area contributed by atoms with Crippen molar-refractivity contribution in [1.29, 1.82) is 0 Å². The molecule has 2 aromatic rings. The summed E-state index contributed by atoms with van der Waals surface area (Å²) >= 11 is 0. The van der Waals surface area contributed by atoms with Gasteiger partial charge in [0.1, 0.15) is 12.1 Å². The largest absolute Gasteiger partial charge is 0.497 e. The van der Waals surface area contributed by atoms with Gasteiger partial charge in [0, 0.05) is 30.9 Å². The van der Waals surface area contributed by atoms with Crippen LogP contribution in [0.25, 0.3) is 0 Å². The zero-order chi connectivity index (χ0) is 16.1. The van der Waals surface area contributed by atoms with Crippen molar-refractivity contribution in [2.24, 2.45) is 0 Å². The molecule has 1 aliphatic heterocycles. The van der Waals surface area contributed by atoms with Crippen molar-refractivity contribution in [3.8, 4) is 5.75 Å². The third-order valence-corrected chi connectivity index (χ3v) is 4.31. The minimum atomic E-state index is 0.175. The lowest BCUT2D eigenvalue weighted by Gasteiger charge is -2.32. The van der Waals surface area contributed by atoms with Crippen LogP contribution in [-0.2, 0) is 11.2 Å². The summed E-state index contributed by atoms with van der Waals surface area (Å²) in [6, 6.07) is 9.62. The molecule has 23 heavy (non-hydrogen) atoms. The molecule has 5 heteroatoms. The fourth-order valence-corrected chi connectivity index (χ4v) is 3.02. The second-order valence-corrected chi connectivity index (χ2v) is 5.84. The third-order valence-electron chi connectivity index (χ3n) is 4.31. The number of hydrogen-bond donors (Lipinski definition) is 0. The number of hydrogen-bond acceptors (Lipinski definition) is 4. The Balaban J connectivity index is 1.62. The van der Waals surface area contributed by atoms with Crippen LogP contribution in [-0.4, -0.2) is 41.0 Å². The number of benzene rings is 1. The Labute approximate surface area is 136 Å². The number of nitrogens with zero attached hydrogens (tertiary/aromatic N) is 3. The Morgan fingerprint density at radius 1 is 1.30 bits per heavy atom. The lowest BCUT2D eigenvalue weighted by atomic mass is 9.94. The molecule has 0 N–H and O–H groups in total. The zero-order valence-corrected chi connectivity index (χ0v) is 13.3. The van der Waals surface area contributed by atoms with Crippen LogP contribution < -0.4 is 4.74 Å². The van der Waals surface area contributed by atoms with Crippen LogP contribution in [0.4, 0.5) is 0 Å². The highest BCUT2D eigenvalue weighted by Crippen LogP contribution is 2.25. The molecule has 0 spiro atoms. The minimum absolute atomic E-state index is 0.175. The number of carbonyl (C=O) groups excluding carboxylic acids is 1. The lowest BCUT2D eigenvalue weighted by molar-refractivity contribution is -0.131. The number of aromatic nitrogens is 2. The molecular formula is C18H21N3O2. The van der Waals surface area contributed by atoms with E-state index in [1.807, 2.05) is 35.2 Å². The predicted octanol–water partition coefficient (Wildman–Crippen LogP) is 2.43. The van der Waals surface area contributed by atoms with Gasteiger partial charge in [0.05, 0.1) is 13.5 Å². The van der Waals surface area contributed by atoms with E-state index >= 15 is 0 Å². The second-order valence-electron chi connectivity index (χ2n) is 5.84. The Kier molecular flexibility index (Phi) is 4.86. The lowest BCUT2D eigenvalue weighted by Crippen LogP contribution is -2.40. The van der Waals surface area contributed by atoms with Crippen LogP contribution in [0.15, 0.2) is 42.9 Å². The van der Waals surface area contributed by atoms with Gasteiger partial charge in [-0.25, -0.2) is 9.97 Å². The summed E-state index contributed by atoms with van der Waals surface area (Å²) in [5.74, 6) is 1.29. The van der Waals surface area contributed by atoms with Crippen LogP contribution in [0, 0.1) is 0 Å². The van der Waals surface area contributed by atoms with Crippen molar-refractivity contribution in [3.63, 3.8) is 0 Å². The van der Waals surface area contributed by atoms with Crippen molar-refractivity contribution in [1.82, 2.24) is 14.9 Å². The maximum absolute atomic E-state index is 12.6. The van der Waals surface area contributed by atoms with E-state index in [0.717, 1.165) is 42.9 Å². The van der Waals surface area contributed by atoms with Gasteiger partial charge in [-0.2, -0.15) is 0 Å². The smallest absolute Gasteiger partial charge is 0.227 e. The van der Waals surface area contributed by atoms with Gasteiger partial charge in [0.15, 0.2) is 0 Å². The highest BCUT2D eigenvalue weighted by atomic mass is 16.5. The molecule has 2 heterocycles. The van der Waals surface area contributed by atoms with E-state index in [2.05, 4.69) is 9.97 Å². The highest BCUT2D eigenvalue weighted by Gasteiger charge is 2.25. The normalized spacial score (nSPS) is 17.8. The molecule has 1 aromatic heterocycles. The zero-order valence-electron chi connectivity index (χ0n) is 13.3. The van der Waals surface area contributed by atoms with E-state index in [4.69, 9.17) is 4.74 Å². The van der Waals surface area contributed by atoms with Gasteiger partial charge in [0.25, 0.3) is 0 Å². The molecule has 1 amide bonds. The molecule has 0 unspecified atom stereocenters. The monoisotopic (exact) mass is 311 g/mol. The first-order valence-corrected chi connectivity index (χ1v) is 7.93. The summed E-state index contributed by atoms with van der Waals surface area (Å²) in [6.45, 7) is 1.57. The van der Waals surface area contributed by atoms with Crippen molar-refractivity contribution in [2.75, 3.05) is 20.2 Å². The van der Waals surface area contributed by atoms with Crippen molar-refractivity contribution >= 4 is 5.91 Å². The molecule has 0 bridgehead atoms. The SMILES string of the molecule is COc1ccc(CC(=O)N2CCC[C@@H](c3ccncn3)C2)cc1. The van der Waals surface area contributed by atoms with Crippen LogP contribution >= 0.6 is 0 Å². The highest BCUT2D eigenvalue weighted by molar-refractivity contribution is 5.79. The fourth-order valence-electron chi connectivity index (χ4n) is 3.02. The Hall–Kier alpha value is -2.43. The molecule has 1 aliphatic rings. The van der Waals surface area contributed by atoms with E-state index in [0.29, 0.717) is 12.3 Å². The first-order valence-electron chi connectivity index (χ1n) is 7.93. The number of methoxy groups -OCH3 is 1. The maximum atomic E-state index is 12.6. The van der Waals surface area contributed by atoms with Gasteiger partial charge in [-0.05, 0) is 36.6 Å². The Morgan fingerprint density at radius 3 is 2.83 bits per heavy atom. The summed E-state index contributed by atoms with van der Waals surface area (Å²) in [6.07, 6.45) is 5.86. The van der Waals surface area contributed by atoms with Gasteiger partial charge < -0.3 is 9.64 Å². The summed E-state index contributed by atoms with van der Waals surface area (Å²) in [5, 5.41) is 0. The van der Waals surface area contributed by atoms with Gasteiger partial charge in [-0.15, -0.1) is 0 Å². The molecule has 3 rings (SSSR count). The molecule has 0 radical (unpaired) electrons. The van der Waals surface area contributed by atoms with Crippen LogP contribution in [0.5, 0.6) is 5.75 Å². The number of ether oxygens (including phenoxy) is 1. The Bertz CT molecular complexity index is 643. The average Bonchev–Trinajstić information content (AvgIpc) is 2.63. The molecule has 1 atom stereocenters. The molecule has 1 fully saturated rings. The molecule has 120 valence electrons. The van der Waals surface area contributed by atoms with Crippen LogP contribution in [0.3, 0.4) is 0 Å². The summed E-state index contributed by atoms with van der Waals surface area (Å²) in [4.78, 5) is 22.8. The van der Waals surface area contributed by atoms with E-state index in [1.165, 1.54) is 0 Å². The quantitative estimate of drug-likeness (QED) is 0.870. The summed E-state index contributed by atoms with van der Waals surface area (Å²) in [7, 11) is 1.64. The van der Waals surface area contributed by atoms with E-state index in [9.17, 15) is 4.79 Å². The van der Waals surface area contributed by atoms with Crippen molar-refractivity contribution < 1.29 is 9.53 Å². The minimum Gasteiger partial charge on any atom is -0.497 e. The first-order chi connectivity index (χ1) is 11.3. The predicted molar refractivity (Wildman–Crippen MR) is 87.3 cm³/mol. The average molecular weight is 311 g/mol. The number of rotatable bonds is 4. The topological polar surface area (TPSA) is 55.3 Å². The molecule has 1 aromatic carbocycles. The standard InChI is InChI=1S/C18H21N3O2/c1-23-16-6-4-14(5-7-16)11-18(22)21-10-2-3-15(12-21)17-8-9-19-13-20-17/h4-9,13,15H,2-3,10-12H2,1H3/t15-/m1/s1. The molecule has 0 saturated carbocycles. The molecule has 0 aliphatic carbocycles. The summed E-state index contributed by atoms with van der Waals surface area (Å²) < 4.78 is 5.15. The van der Waals surface area contributed by atoms with Crippen LogP contribution in [0.2, 0.25) is 0 Å². The first kappa shape index (κ1) is 15.5. The van der Waals surface area contributed by atoms with Gasteiger partial charge in [0.2, 0.25) is 5.91 Å². The van der Waals surface area contributed by atoms with Gasteiger partial charge >= 0.3 is 0 Å². The number of likely N-dealkylation sites (tertiary alicyclic amines) is 1. The van der Waals surface area contributed by atoms with Gasteiger partial charge in [-0.1, -0.05) is 12.1 Å². The number of amides is 1. The molecular weight excluding hydrogens is 290 g/mol. The number of carbonyl (C=O) groups is 1. The third kappa shape index (κ3) is 3.86. The van der Waals surface area contributed by atoms with Gasteiger partial charge in [-0.3, -0.25) is 4.79 Å². The molecule has 5 nitrogen and oxygen atoms in total. The Morgan fingerprint density at radius 2 is 2.13 bits per heavy atom. The maximum Gasteiger partial charge on any atom is 0.227 e. The van der Waals surface area contributed by atoms with Crippen molar-refractivity contribution in [2.45, 2.75) is 25.2 Å². The second kappa shape index (κ2) is 7.22. The van der Waals surface area contributed by atoms with Crippen molar-refractivity contribution in [3.05, 3.63) is 54.1 Å².